The molecule has 15 heteroatoms. The third-order valence-electron chi connectivity index (χ3n) is 7.68. The lowest BCUT2D eigenvalue weighted by Gasteiger charge is -2.31. The molecule has 2 aromatic carbocycles. The lowest BCUT2D eigenvalue weighted by molar-refractivity contribution is -0.265. The number of nitrogens with two attached hydrogens (primary N) is 1. The topological polar surface area (TPSA) is 162 Å². The Morgan fingerprint density at radius 2 is 1.80 bits per heavy atom. The average Bonchev–Trinajstić information content (AvgIpc) is 3.31. The van der Waals surface area contributed by atoms with Crippen LogP contribution in [0.15, 0.2) is 59.6 Å². The predicted octanol–water partition coefficient (Wildman–Crippen LogP) is 3.46. The van der Waals surface area contributed by atoms with E-state index in [0.29, 0.717) is 5.56 Å². The number of halogens is 4. The second-order valence-corrected chi connectivity index (χ2v) is 13.1. The quantitative estimate of drug-likeness (QED) is 0.257. The molecule has 4 N–H and O–H groups in total. The van der Waals surface area contributed by atoms with E-state index in [1.807, 2.05) is 5.32 Å². The summed E-state index contributed by atoms with van der Waals surface area (Å²) in [5.41, 5.74) is -0.665. The van der Waals surface area contributed by atoms with Gasteiger partial charge in [0.2, 0.25) is 11.5 Å². The molecule has 10 nitrogen and oxygen atoms in total. The summed E-state index contributed by atoms with van der Waals surface area (Å²) >= 11 is 0. The van der Waals surface area contributed by atoms with Crippen LogP contribution in [0.2, 0.25) is 0 Å². The fraction of sp³-hybridized carbons (Fsp3) is 0.267. The molecule has 2 atom stereocenters. The van der Waals surface area contributed by atoms with Gasteiger partial charge in [-0.3, -0.25) is 14.6 Å². The number of carbonyl (C=O) groups excluding carboxylic acids is 2. The van der Waals surface area contributed by atoms with Crippen LogP contribution in [-0.4, -0.2) is 60.9 Å². The molecule has 45 heavy (non-hydrogen) atoms. The van der Waals surface area contributed by atoms with Crippen molar-refractivity contribution in [2.75, 3.05) is 19.4 Å². The van der Waals surface area contributed by atoms with Crippen molar-refractivity contribution in [3.8, 4) is 17.0 Å². The summed E-state index contributed by atoms with van der Waals surface area (Å²) in [6, 6.07) is 9.19. The first-order chi connectivity index (χ1) is 20.8. The second kappa shape index (κ2) is 10.8. The standard InChI is InChI=1S/C30H26F4N4O6S/c1-15-8-17-9-18(10-21(45(3,42)43)23(17)36-12-15)26(39)37-13-29(41,30(32,33)34)22-11-20-25(44-14-28(20,2)27(35)40)24(38-22)16-4-6-19(31)7-5-16/h4-12,41H,13-14H2,1-3H3,(H2,35,40)(H,37,39)/t28-,29?/m0/s1. The van der Waals surface area contributed by atoms with Gasteiger partial charge in [-0.25, -0.2) is 17.8 Å². The van der Waals surface area contributed by atoms with Crippen LogP contribution in [0.1, 0.15) is 34.1 Å². The number of aliphatic hydroxyl groups is 1. The predicted molar refractivity (Wildman–Crippen MR) is 154 cm³/mol. The molecular weight excluding hydrogens is 620 g/mol. The first-order valence-electron chi connectivity index (χ1n) is 13.3. The summed E-state index contributed by atoms with van der Waals surface area (Å²) in [7, 11) is -3.92. The van der Waals surface area contributed by atoms with E-state index < -0.39 is 56.9 Å². The number of hydrogen-bond acceptors (Lipinski definition) is 8. The van der Waals surface area contributed by atoms with Crippen molar-refractivity contribution in [1.29, 1.82) is 0 Å². The molecule has 0 radical (unpaired) electrons. The lowest BCUT2D eigenvalue weighted by atomic mass is 9.81. The Hall–Kier alpha value is -4.63. The van der Waals surface area contributed by atoms with Crippen LogP contribution in [-0.2, 0) is 25.6 Å². The highest BCUT2D eigenvalue weighted by Crippen LogP contribution is 2.47. The second-order valence-electron chi connectivity index (χ2n) is 11.1. The Bertz CT molecular complexity index is 1990. The Morgan fingerprint density at radius 1 is 1.13 bits per heavy atom. The molecule has 1 unspecified atom stereocenters. The summed E-state index contributed by atoms with van der Waals surface area (Å²) in [5, 5.41) is 13.5. The molecule has 1 aliphatic rings. The highest BCUT2D eigenvalue weighted by atomic mass is 32.2. The number of amides is 2. The van der Waals surface area contributed by atoms with Gasteiger partial charge in [0.05, 0.1) is 22.7 Å². The number of rotatable bonds is 7. The van der Waals surface area contributed by atoms with E-state index in [0.717, 1.165) is 30.5 Å². The molecule has 0 saturated carbocycles. The fourth-order valence-electron chi connectivity index (χ4n) is 4.99. The maximum Gasteiger partial charge on any atom is 0.424 e. The molecular formula is C30H26F4N4O6S. The van der Waals surface area contributed by atoms with Gasteiger partial charge in [0.25, 0.3) is 5.91 Å². The zero-order valence-corrected chi connectivity index (χ0v) is 24.8. The molecule has 2 amide bonds. The van der Waals surface area contributed by atoms with E-state index in [-0.39, 0.29) is 50.5 Å². The van der Waals surface area contributed by atoms with Gasteiger partial charge in [-0.15, -0.1) is 0 Å². The van der Waals surface area contributed by atoms with Gasteiger partial charge in [-0.2, -0.15) is 13.2 Å². The summed E-state index contributed by atoms with van der Waals surface area (Å²) < 4.78 is 88.4. The molecule has 4 aromatic rings. The Balaban J connectivity index is 1.61. The number of carbonyl (C=O) groups is 2. The van der Waals surface area contributed by atoms with E-state index in [4.69, 9.17) is 10.5 Å². The third-order valence-corrected chi connectivity index (χ3v) is 8.79. The SMILES string of the molecule is Cc1cnc2c(S(C)(=O)=O)cc(C(=O)NCC(O)(c3cc4c(c(-c5ccc(F)cc5)n3)OC[C@]4(C)C(N)=O)C(F)(F)F)cc2c1. The van der Waals surface area contributed by atoms with Crippen LogP contribution in [0.5, 0.6) is 5.75 Å². The van der Waals surface area contributed by atoms with Crippen LogP contribution in [0, 0.1) is 12.7 Å². The molecule has 5 rings (SSSR count). The van der Waals surface area contributed by atoms with Gasteiger partial charge in [0.15, 0.2) is 9.84 Å². The molecule has 236 valence electrons. The van der Waals surface area contributed by atoms with Gasteiger partial charge in [-0.05, 0) is 67.9 Å². The number of aryl methyl sites for hydroxylation is 1. The number of alkyl halides is 3. The van der Waals surface area contributed by atoms with E-state index in [1.54, 1.807) is 13.0 Å². The molecule has 0 aliphatic carbocycles. The fourth-order valence-corrected chi connectivity index (χ4v) is 5.85. The monoisotopic (exact) mass is 646 g/mol. The van der Waals surface area contributed by atoms with Gasteiger partial charge >= 0.3 is 6.18 Å². The molecule has 0 spiro atoms. The molecule has 0 bridgehead atoms. The minimum Gasteiger partial charge on any atom is -0.489 e. The minimum atomic E-state index is -5.44. The van der Waals surface area contributed by atoms with Crippen molar-refractivity contribution in [2.24, 2.45) is 5.73 Å². The zero-order valence-electron chi connectivity index (χ0n) is 24.0. The van der Waals surface area contributed by atoms with Gasteiger partial charge in [-0.1, -0.05) is 0 Å². The van der Waals surface area contributed by atoms with Gasteiger partial charge < -0.3 is 20.9 Å². The summed E-state index contributed by atoms with van der Waals surface area (Å²) in [6.45, 7) is 1.23. The largest absolute Gasteiger partial charge is 0.489 e. The number of pyridine rings is 2. The molecule has 0 fully saturated rings. The van der Waals surface area contributed by atoms with Crippen molar-refractivity contribution < 1.29 is 45.4 Å². The van der Waals surface area contributed by atoms with Crippen LogP contribution < -0.4 is 15.8 Å². The highest BCUT2D eigenvalue weighted by molar-refractivity contribution is 7.91. The molecule has 2 aromatic heterocycles. The molecule has 3 heterocycles. The normalized spacial score (nSPS) is 17.8. The van der Waals surface area contributed by atoms with Crippen LogP contribution in [0.3, 0.4) is 0 Å². The van der Waals surface area contributed by atoms with Crippen molar-refractivity contribution in [2.45, 2.75) is 35.9 Å². The number of ether oxygens (including phenoxy) is 1. The average molecular weight is 647 g/mol. The Kier molecular flexibility index (Phi) is 7.61. The van der Waals surface area contributed by atoms with E-state index in [9.17, 15) is 40.7 Å². The maximum atomic E-state index is 14.7. The van der Waals surface area contributed by atoms with E-state index >= 15 is 0 Å². The molecule has 0 saturated heterocycles. The maximum absolute atomic E-state index is 14.7. The van der Waals surface area contributed by atoms with Crippen LogP contribution in [0.25, 0.3) is 22.2 Å². The summed E-state index contributed by atoms with van der Waals surface area (Å²) in [4.78, 5) is 33.5. The number of hydrogen-bond donors (Lipinski definition) is 3. The van der Waals surface area contributed by atoms with Gasteiger partial charge in [0.1, 0.15) is 29.3 Å². The van der Waals surface area contributed by atoms with E-state index in [2.05, 4.69) is 9.97 Å². The third kappa shape index (κ3) is 5.57. The Labute approximate surface area is 254 Å². The van der Waals surface area contributed by atoms with Crippen LogP contribution >= 0.6 is 0 Å². The lowest BCUT2D eigenvalue weighted by Crippen LogP contribution is -2.51. The minimum absolute atomic E-state index is 0.0711. The smallest absolute Gasteiger partial charge is 0.424 e. The number of benzene rings is 2. The van der Waals surface area contributed by atoms with Crippen LogP contribution in [0.4, 0.5) is 17.6 Å². The number of primary amides is 1. The van der Waals surface area contributed by atoms with Crippen molar-refractivity contribution in [3.63, 3.8) is 0 Å². The van der Waals surface area contributed by atoms with Crippen molar-refractivity contribution in [3.05, 3.63) is 82.9 Å². The number of sulfone groups is 1. The van der Waals surface area contributed by atoms with Crippen molar-refractivity contribution >= 4 is 32.6 Å². The summed E-state index contributed by atoms with van der Waals surface area (Å²) in [6.07, 6.45) is -3.11. The van der Waals surface area contributed by atoms with Gasteiger partial charge in [0, 0.05) is 34.5 Å². The first-order valence-corrected chi connectivity index (χ1v) is 15.2. The Morgan fingerprint density at radius 3 is 2.40 bits per heavy atom. The zero-order chi connectivity index (χ0) is 33.1. The first kappa shape index (κ1) is 31.8. The summed E-state index contributed by atoms with van der Waals surface area (Å²) in [5.74, 6) is -2.76. The van der Waals surface area contributed by atoms with Crippen molar-refractivity contribution in [1.82, 2.24) is 15.3 Å². The number of aromatic nitrogens is 2. The molecule has 1 aliphatic heterocycles. The highest BCUT2D eigenvalue weighted by Gasteiger charge is 2.57. The number of nitrogens with zero attached hydrogens (tertiary/aromatic N) is 2. The number of fused-ring (bicyclic) bond motifs is 2. The van der Waals surface area contributed by atoms with E-state index in [1.165, 1.54) is 31.3 Å². The number of nitrogens with one attached hydrogen (secondary N) is 1.